The molecule has 1 amide bonds. The van der Waals surface area contributed by atoms with E-state index in [0.29, 0.717) is 18.0 Å². The molecule has 24 heavy (non-hydrogen) atoms. The van der Waals surface area contributed by atoms with E-state index in [1.807, 2.05) is 38.1 Å². The first-order valence-corrected chi connectivity index (χ1v) is 7.92. The van der Waals surface area contributed by atoms with Crippen LogP contribution in [0, 0.1) is 6.92 Å². The van der Waals surface area contributed by atoms with Crippen LogP contribution < -0.4 is 0 Å². The van der Waals surface area contributed by atoms with Crippen molar-refractivity contribution in [2.45, 2.75) is 20.0 Å². The molecule has 6 heteroatoms. The summed E-state index contributed by atoms with van der Waals surface area (Å²) in [5.41, 5.74) is 2.25. The minimum Gasteiger partial charge on any atom is -0.387 e. The molecule has 0 radical (unpaired) electrons. The summed E-state index contributed by atoms with van der Waals surface area (Å²) >= 11 is 0. The lowest BCUT2D eigenvalue weighted by Crippen LogP contribution is -2.34. The van der Waals surface area contributed by atoms with Crippen LogP contribution in [0.5, 0.6) is 0 Å². The molecule has 0 fully saturated rings. The number of imidazole rings is 1. The van der Waals surface area contributed by atoms with Crippen LogP contribution in [0.3, 0.4) is 0 Å². The Morgan fingerprint density at radius 3 is 2.75 bits per heavy atom. The number of aliphatic hydroxyl groups is 1. The number of aryl methyl sites for hydroxylation is 1. The number of fused-ring (bicyclic) bond motifs is 1. The van der Waals surface area contributed by atoms with Gasteiger partial charge >= 0.3 is 0 Å². The molecule has 0 aliphatic rings. The molecule has 3 rings (SSSR count). The number of carbonyl (C=O) groups is 1. The Bertz CT molecular complexity index is 809. The van der Waals surface area contributed by atoms with Gasteiger partial charge in [-0.25, -0.2) is 9.97 Å². The Morgan fingerprint density at radius 1 is 1.33 bits per heavy atom. The van der Waals surface area contributed by atoms with Gasteiger partial charge in [0.05, 0.1) is 12.6 Å². The minimum absolute atomic E-state index is 0.214. The van der Waals surface area contributed by atoms with Crippen molar-refractivity contribution >= 4 is 11.7 Å². The zero-order chi connectivity index (χ0) is 17.1. The molecule has 1 atom stereocenters. The Balaban J connectivity index is 1.77. The quantitative estimate of drug-likeness (QED) is 0.781. The number of amides is 1. The Morgan fingerprint density at radius 2 is 2.08 bits per heavy atom. The monoisotopic (exact) mass is 324 g/mol. The van der Waals surface area contributed by atoms with E-state index >= 15 is 0 Å². The molecule has 6 nitrogen and oxygen atoms in total. The standard InChI is InChI=1S/C18H20N4O2/c1-3-21(12-16(23)14-7-5-13(2)6-8-14)17(24)15-11-22-10-4-9-19-18(22)20-15/h4-11,16,23H,3,12H2,1-2H3. The van der Waals surface area contributed by atoms with Crippen LogP contribution in [0.1, 0.15) is 34.6 Å². The molecule has 0 saturated carbocycles. The number of likely N-dealkylation sites (N-methyl/N-ethyl adjacent to an activating group) is 1. The third-order valence-electron chi connectivity index (χ3n) is 3.98. The van der Waals surface area contributed by atoms with Crippen LogP contribution in [-0.2, 0) is 0 Å². The van der Waals surface area contributed by atoms with Crippen LogP contribution in [0.15, 0.2) is 48.9 Å². The van der Waals surface area contributed by atoms with Gasteiger partial charge in [-0.3, -0.25) is 9.20 Å². The molecule has 0 aliphatic heterocycles. The topological polar surface area (TPSA) is 70.7 Å². The van der Waals surface area contributed by atoms with Gasteiger partial charge in [0.1, 0.15) is 5.69 Å². The van der Waals surface area contributed by atoms with Crippen molar-refractivity contribution in [2.24, 2.45) is 0 Å². The minimum atomic E-state index is -0.732. The second kappa shape index (κ2) is 6.80. The van der Waals surface area contributed by atoms with Gasteiger partial charge in [0.25, 0.3) is 5.91 Å². The lowest BCUT2D eigenvalue weighted by atomic mass is 10.1. The van der Waals surface area contributed by atoms with Crippen LogP contribution in [-0.4, -0.2) is 43.4 Å². The molecule has 0 saturated heterocycles. The van der Waals surface area contributed by atoms with Crippen molar-refractivity contribution in [3.63, 3.8) is 0 Å². The third kappa shape index (κ3) is 3.28. The summed E-state index contributed by atoms with van der Waals surface area (Å²) in [6.07, 6.45) is 4.36. The predicted molar refractivity (Wildman–Crippen MR) is 90.7 cm³/mol. The van der Waals surface area contributed by atoms with E-state index < -0.39 is 6.10 Å². The van der Waals surface area contributed by atoms with E-state index in [2.05, 4.69) is 9.97 Å². The first-order chi connectivity index (χ1) is 11.6. The van der Waals surface area contributed by atoms with E-state index in [1.54, 1.807) is 34.0 Å². The van der Waals surface area contributed by atoms with E-state index in [1.165, 1.54) is 0 Å². The van der Waals surface area contributed by atoms with E-state index in [0.717, 1.165) is 11.1 Å². The van der Waals surface area contributed by atoms with E-state index in [4.69, 9.17) is 0 Å². The van der Waals surface area contributed by atoms with Gasteiger partial charge in [0, 0.05) is 25.1 Å². The second-order valence-electron chi connectivity index (χ2n) is 5.72. The maximum absolute atomic E-state index is 12.7. The predicted octanol–water partition coefficient (Wildman–Crippen LogP) is 2.23. The summed E-state index contributed by atoms with van der Waals surface area (Å²) in [7, 11) is 0. The molecule has 2 aromatic heterocycles. The van der Waals surface area contributed by atoms with Gasteiger partial charge < -0.3 is 10.0 Å². The third-order valence-corrected chi connectivity index (χ3v) is 3.98. The number of aliphatic hydroxyl groups excluding tert-OH is 1. The fourth-order valence-corrected chi connectivity index (χ4v) is 2.55. The highest BCUT2D eigenvalue weighted by atomic mass is 16.3. The SMILES string of the molecule is CCN(CC(O)c1ccc(C)cc1)C(=O)c1cn2cccnc2n1. The molecule has 0 spiro atoms. The summed E-state index contributed by atoms with van der Waals surface area (Å²) in [4.78, 5) is 22.6. The highest BCUT2D eigenvalue weighted by molar-refractivity contribution is 5.92. The number of aromatic nitrogens is 3. The highest BCUT2D eigenvalue weighted by Gasteiger charge is 2.21. The van der Waals surface area contributed by atoms with Crippen LogP contribution in [0.2, 0.25) is 0 Å². The normalized spacial score (nSPS) is 12.3. The molecule has 1 unspecified atom stereocenters. The van der Waals surface area contributed by atoms with Gasteiger partial charge in [-0.15, -0.1) is 0 Å². The number of hydrogen-bond acceptors (Lipinski definition) is 4. The summed E-state index contributed by atoms with van der Waals surface area (Å²) < 4.78 is 1.71. The number of nitrogens with zero attached hydrogens (tertiary/aromatic N) is 4. The van der Waals surface area contributed by atoms with Gasteiger partial charge in [-0.05, 0) is 25.5 Å². The molecule has 0 bridgehead atoms. The van der Waals surface area contributed by atoms with E-state index in [9.17, 15) is 9.90 Å². The molecule has 124 valence electrons. The molecular weight excluding hydrogens is 304 g/mol. The smallest absolute Gasteiger partial charge is 0.274 e. The summed E-state index contributed by atoms with van der Waals surface area (Å²) in [5.74, 6) is 0.269. The highest BCUT2D eigenvalue weighted by Crippen LogP contribution is 2.16. The first kappa shape index (κ1) is 16.1. The van der Waals surface area contributed by atoms with Crippen molar-refractivity contribution in [1.29, 1.82) is 0 Å². The molecule has 3 aromatic rings. The summed E-state index contributed by atoms with van der Waals surface area (Å²) in [6, 6.07) is 9.44. The van der Waals surface area contributed by atoms with Crippen molar-refractivity contribution in [1.82, 2.24) is 19.3 Å². The van der Waals surface area contributed by atoms with E-state index in [-0.39, 0.29) is 12.5 Å². The fourth-order valence-electron chi connectivity index (χ4n) is 2.55. The average molecular weight is 324 g/mol. The van der Waals surface area contributed by atoms with Gasteiger partial charge in [-0.2, -0.15) is 0 Å². The summed E-state index contributed by atoms with van der Waals surface area (Å²) in [5, 5.41) is 10.4. The Kier molecular flexibility index (Phi) is 4.57. The lowest BCUT2D eigenvalue weighted by molar-refractivity contribution is 0.0630. The first-order valence-electron chi connectivity index (χ1n) is 7.92. The zero-order valence-corrected chi connectivity index (χ0v) is 13.8. The van der Waals surface area contributed by atoms with Crippen LogP contribution >= 0.6 is 0 Å². The van der Waals surface area contributed by atoms with Gasteiger partial charge in [0.15, 0.2) is 0 Å². The van der Waals surface area contributed by atoms with Crippen molar-refractivity contribution in [3.05, 3.63) is 65.7 Å². The number of rotatable bonds is 5. The fraction of sp³-hybridized carbons (Fsp3) is 0.278. The van der Waals surface area contributed by atoms with Crippen molar-refractivity contribution in [3.8, 4) is 0 Å². The number of benzene rings is 1. The molecule has 1 aromatic carbocycles. The van der Waals surface area contributed by atoms with Gasteiger partial charge in [0.2, 0.25) is 5.78 Å². The van der Waals surface area contributed by atoms with Crippen molar-refractivity contribution in [2.75, 3.05) is 13.1 Å². The maximum Gasteiger partial charge on any atom is 0.274 e. The lowest BCUT2D eigenvalue weighted by Gasteiger charge is -2.23. The second-order valence-corrected chi connectivity index (χ2v) is 5.72. The molecule has 1 N–H and O–H groups in total. The zero-order valence-electron chi connectivity index (χ0n) is 13.8. The van der Waals surface area contributed by atoms with Crippen LogP contribution in [0.25, 0.3) is 5.78 Å². The van der Waals surface area contributed by atoms with Gasteiger partial charge in [-0.1, -0.05) is 29.8 Å². The molecular formula is C18H20N4O2. The summed E-state index contributed by atoms with van der Waals surface area (Å²) in [6.45, 7) is 4.59. The number of hydrogen-bond donors (Lipinski definition) is 1. The maximum atomic E-state index is 12.7. The van der Waals surface area contributed by atoms with Crippen molar-refractivity contribution < 1.29 is 9.90 Å². The average Bonchev–Trinajstić information content (AvgIpc) is 3.03. The van der Waals surface area contributed by atoms with Crippen LogP contribution in [0.4, 0.5) is 0 Å². The molecule has 0 aliphatic carbocycles. The Labute approximate surface area is 140 Å². The number of carbonyl (C=O) groups excluding carboxylic acids is 1. The Hall–Kier alpha value is -2.73. The largest absolute Gasteiger partial charge is 0.387 e. The molecule has 2 heterocycles.